The molecule has 5 rings (SSSR count). The molecule has 1 amide bonds. The number of aliphatic hydroxyl groups excluding tert-OH is 3. The van der Waals surface area contributed by atoms with Crippen LogP contribution in [0.1, 0.15) is 91.0 Å². The number of carboxylic acid groups (broad SMARTS) is 1. The van der Waals surface area contributed by atoms with E-state index in [2.05, 4.69) is 26.1 Å². The van der Waals surface area contributed by atoms with Crippen molar-refractivity contribution in [1.82, 2.24) is 5.32 Å². The van der Waals surface area contributed by atoms with Gasteiger partial charge in [-0.3, -0.25) is 9.59 Å². The standard InChI is InChI=1S/C36H53NO10/c1-19(5-10-32(43)37-27(34(44)45)13-21-6-9-30(28(40)14-21)47-18-46-20(2)38)24-7-8-25-33-26(17-31(42)36(24,25)4)35(3)12-11-23(39)15-22(35)16-29(33)41/h6,9,14,19,22-27,29,31,33,39-42H,5,7-8,10-13,15-18H2,1-4H3,(H,37,43)(H,44,45)/t19-,22?,23-,24?,25?,26?,27?,29?,31+,33?,35+,36-/m1/s1. The number of aromatic hydroxyl groups is 1. The Morgan fingerprint density at radius 1 is 1.04 bits per heavy atom. The molecule has 47 heavy (non-hydrogen) atoms. The van der Waals surface area contributed by atoms with Gasteiger partial charge in [0, 0.05) is 19.8 Å². The van der Waals surface area contributed by atoms with Gasteiger partial charge in [-0.05, 0) is 115 Å². The number of carboxylic acids is 1. The molecule has 0 aliphatic heterocycles. The first kappa shape index (κ1) is 35.4. The number of nitrogens with one attached hydrogen (secondary N) is 1. The molecule has 1 aromatic rings. The Labute approximate surface area is 277 Å². The molecule has 4 saturated carbocycles. The van der Waals surface area contributed by atoms with Gasteiger partial charge in [0.1, 0.15) is 6.04 Å². The Balaban J connectivity index is 1.18. The van der Waals surface area contributed by atoms with Gasteiger partial charge >= 0.3 is 11.9 Å². The summed E-state index contributed by atoms with van der Waals surface area (Å²) >= 11 is 0. The zero-order valence-electron chi connectivity index (χ0n) is 28.1. The van der Waals surface area contributed by atoms with E-state index in [0.29, 0.717) is 24.8 Å². The van der Waals surface area contributed by atoms with Gasteiger partial charge in [-0.2, -0.15) is 0 Å². The number of esters is 1. The van der Waals surface area contributed by atoms with Crippen molar-refractivity contribution in [2.45, 2.75) is 116 Å². The zero-order chi connectivity index (χ0) is 34.3. The SMILES string of the molecule is CC(=O)OCOc1ccc(CC(NC(=O)CC[C@@H](C)C2CCC3C4C(O)CC5C[C@H](O)CC[C@]5(C)C4C[C@H](O)[C@@]32C)C(=O)O)cc1O. The van der Waals surface area contributed by atoms with E-state index in [1.54, 1.807) is 6.07 Å². The van der Waals surface area contributed by atoms with Crippen LogP contribution in [-0.4, -0.2) is 74.5 Å². The average molecular weight is 660 g/mol. The third-order valence-electron chi connectivity index (χ3n) is 12.9. The Morgan fingerprint density at radius 3 is 2.47 bits per heavy atom. The van der Waals surface area contributed by atoms with E-state index in [9.17, 15) is 39.9 Å². The quantitative estimate of drug-likeness (QED) is 0.151. The van der Waals surface area contributed by atoms with Gasteiger partial charge in [-0.25, -0.2) is 4.79 Å². The minimum absolute atomic E-state index is 0.00765. The van der Waals surface area contributed by atoms with Crippen molar-refractivity contribution in [3.63, 3.8) is 0 Å². The van der Waals surface area contributed by atoms with Crippen molar-refractivity contribution in [3.05, 3.63) is 23.8 Å². The molecule has 6 N–H and O–H groups in total. The number of hydrogen-bond donors (Lipinski definition) is 6. The fourth-order valence-corrected chi connectivity index (χ4v) is 10.4. The largest absolute Gasteiger partial charge is 0.504 e. The van der Waals surface area contributed by atoms with Gasteiger partial charge in [0.25, 0.3) is 0 Å². The van der Waals surface area contributed by atoms with Crippen LogP contribution in [0.5, 0.6) is 11.5 Å². The molecule has 4 aliphatic carbocycles. The summed E-state index contributed by atoms with van der Waals surface area (Å²) in [7, 11) is 0. The molecule has 0 heterocycles. The Kier molecular flexibility index (Phi) is 10.5. The average Bonchev–Trinajstić information content (AvgIpc) is 3.36. The highest BCUT2D eigenvalue weighted by Gasteiger charge is 2.65. The number of amides is 1. The molecule has 11 nitrogen and oxygen atoms in total. The van der Waals surface area contributed by atoms with Crippen LogP contribution in [-0.2, 0) is 25.5 Å². The molecule has 0 spiro atoms. The van der Waals surface area contributed by atoms with E-state index in [1.165, 1.54) is 19.1 Å². The van der Waals surface area contributed by atoms with E-state index >= 15 is 0 Å². The molecule has 262 valence electrons. The van der Waals surface area contributed by atoms with Crippen molar-refractivity contribution in [3.8, 4) is 11.5 Å². The Hall–Kier alpha value is -2.89. The monoisotopic (exact) mass is 659 g/mol. The smallest absolute Gasteiger partial charge is 0.326 e. The number of hydrogen-bond acceptors (Lipinski definition) is 9. The molecule has 0 bridgehead atoms. The second-order valence-electron chi connectivity index (χ2n) is 15.4. The third-order valence-corrected chi connectivity index (χ3v) is 12.9. The maximum Gasteiger partial charge on any atom is 0.326 e. The number of aliphatic carboxylic acids is 1. The van der Waals surface area contributed by atoms with Crippen molar-refractivity contribution in [1.29, 1.82) is 0 Å². The predicted octanol–water partition coefficient (Wildman–Crippen LogP) is 3.78. The molecule has 1 aromatic carbocycles. The van der Waals surface area contributed by atoms with Crippen LogP contribution >= 0.6 is 0 Å². The van der Waals surface area contributed by atoms with Crippen LogP contribution in [0.2, 0.25) is 0 Å². The van der Waals surface area contributed by atoms with Crippen molar-refractivity contribution in [2.24, 2.45) is 46.3 Å². The second kappa shape index (κ2) is 13.9. The zero-order valence-corrected chi connectivity index (χ0v) is 28.1. The van der Waals surface area contributed by atoms with Crippen molar-refractivity contribution in [2.75, 3.05) is 6.79 Å². The summed E-state index contributed by atoms with van der Waals surface area (Å²) in [6.45, 7) is 7.48. The van der Waals surface area contributed by atoms with Gasteiger partial charge in [0.2, 0.25) is 12.7 Å². The molecular formula is C36H53NO10. The molecule has 0 aromatic heterocycles. The Morgan fingerprint density at radius 2 is 1.79 bits per heavy atom. The van der Waals surface area contributed by atoms with Crippen LogP contribution in [0.3, 0.4) is 0 Å². The number of carbonyl (C=O) groups is 3. The van der Waals surface area contributed by atoms with Gasteiger partial charge in [-0.15, -0.1) is 0 Å². The van der Waals surface area contributed by atoms with Gasteiger partial charge < -0.3 is 40.3 Å². The minimum atomic E-state index is -1.20. The summed E-state index contributed by atoms with van der Waals surface area (Å²) in [6.07, 6.45) is 4.99. The van der Waals surface area contributed by atoms with E-state index in [1.807, 2.05) is 0 Å². The fourth-order valence-electron chi connectivity index (χ4n) is 10.4. The van der Waals surface area contributed by atoms with Crippen molar-refractivity contribution >= 4 is 17.8 Å². The highest BCUT2D eigenvalue weighted by molar-refractivity contribution is 5.83. The maximum atomic E-state index is 13.0. The fraction of sp³-hybridized carbons (Fsp3) is 0.750. The number of benzene rings is 1. The molecule has 0 saturated heterocycles. The number of fused-ring (bicyclic) bond motifs is 5. The lowest BCUT2D eigenvalue weighted by Gasteiger charge is -2.63. The van der Waals surface area contributed by atoms with E-state index in [4.69, 9.17) is 9.47 Å². The topological polar surface area (TPSA) is 183 Å². The molecule has 11 heteroatoms. The lowest BCUT2D eigenvalue weighted by atomic mass is 9.43. The normalized spacial score (nSPS) is 37.4. The molecule has 0 radical (unpaired) electrons. The van der Waals surface area contributed by atoms with Gasteiger partial charge in [0.15, 0.2) is 11.5 Å². The Bertz CT molecular complexity index is 1320. The number of carbonyl (C=O) groups excluding carboxylic acids is 2. The maximum absolute atomic E-state index is 13.0. The first-order chi connectivity index (χ1) is 22.1. The van der Waals surface area contributed by atoms with Crippen LogP contribution in [0.25, 0.3) is 0 Å². The van der Waals surface area contributed by atoms with Crippen molar-refractivity contribution < 1.29 is 49.4 Å². The van der Waals surface area contributed by atoms with E-state index in [0.717, 1.165) is 32.1 Å². The van der Waals surface area contributed by atoms with Crippen LogP contribution in [0, 0.1) is 46.3 Å². The summed E-state index contributed by atoms with van der Waals surface area (Å²) in [5, 5.41) is 56.4. The lowest BCUT2D eigenvalue weighted by molar-refractivity contribution is -0.207. The molecule has 12 atom stereocenters. The lowest BCUT2D eigenvalue weighted by Crippen LogP contribution is -2.62. The van der Waals surface area contributed by atoms with Crippen LogP contribution < -0.4 is 10.1 Å². The molecule has 7 unspecified atom stereocenters. The minimum Gasteiger partial charge on any atom is -0.504 e. The second-order valence-corrected chi connectivity index (χ2v) is 15.4. The van der Waals surface area contributed by atoms with Gasteiger partial charge in [-0.1, -0.05) is 26.8 Å². The number of phenolic OH excluding ortho intramolecular Hbond substituents is 1. The molecule has 4 fully saturated rings. The number of aliphatic hydroxyl groups is 3. The molecule has 4 aliphatic rings. The summed E-state index contributed by atoms with van der Waals surface area (Å²) in [4.78, 5) is 36.0. The first-order valence-electron chi connectivity index (χ1n) is 17.3. The van der Waals surface area contributed by atoms with Gasteiger partial charge in [0.05, 0.1) is 18.3 Å². The van der Waals surface area contributed by atoms with E-state index in [-0.39, 0.29) is 89.5 Å². The number of ether oxygens (including phenoxy) is 2. The number of rotatable bonds is 11. The molecular weight excluding hydrogens is 606 g/mol. The van der Waals surface area contributed by atoms with E-state index < -0.39 is 30.2 Å². The summed E-state index contributed by atoms with van der Waals surface area (Å²) < 4.78 is 9.91. The highest BCUT2D eigenvalue weighted by Crippen LogP contribution is 2.68. The summed E-state index contributed by atoms with van der Waals surface area (Å²) in [6, 6.07) is 3.17. The highest BCUT2D eigenvalue weighted by atomic mass is 16.7. The van der Waals surface area contributed by atoms with Crippen LogP contribution in [0.4, 0.5) is 0 Å². The predicted molar refractivity (Wildman–Crippen MR) is 171 cm³/mol. The van der Waals surface area contributed by atoms with Crippen LogP contribution in [0.15, 0.2) is 18.2 Å². The summed E-state index contributed by atoms with van der Waals surface area (Å²) in [5.41, 5.74) is 0.107. The summed E-state index contributed by atoms with van der Waals surface area (Å²) in [5.74, 6) is -1.21. The number of phenols is 1. The third kappa shape index (κ3) is 6.99. The first-order valence-corrected chi connectivity index (χ1v) is 17.3.